The summed E-state index contributed by atoms with van der Waals surface area (Å²) in [6.07, 6.45) is 5.29. The summed E-state index contributed by atoms with van der Waals surface area (Å²) in [5.74, 6) is 0.337. The zero-order valence-corrected chi connectivity index (χ0v) is 12.1. The Morgan fingerprint density at radius 2 is 1.78 bits per heavy atom. The van der Waals surface area contributed by atoms with Gasteiger partial charge in [-0.1, -0.05) is 19.3 Å². The third-order valence-corrected chi connectivity index (χ3v) is 3.62. The number of aliphatic hydroxyl groups excluding tert-OH is 1. The van der Waals surface area contributed by atoms with Crippen molar-refractivity contribution in [1.29, 1.82) is 0 Å². The maximum Gasteiger partial charge on any atom is 0.408 e. The lowest BCUT2D eigenvalue weighted by molar-refractivity contribution is 0.0297. The molecule has 4 nitrogen and oxygen atoms in total. The van der Waals surface area contributed by atoms with E-state index < -0.39 is 17.2 Å². The molecule has 1 saturated carbocycles. The number of hydrogen-bond donors (Lipinski definition) is 2. The normalized spacial score (nSPS) is 21.2. The predicted octanol–water partition coefficient (Wildman–Crippen LogP) is 2.84. The quantitative estimate of drug-likeness (QED) is 0.817. The first kappa shape index (κ1) is 15.3. The van der Waals surface area contributed by atoms with Crippen molar-refractivity contribution in [2.75, 3.05) is 6.61 Å². The molecule has 0 spiro atoms. The molecule has 0 saturated heterocycles. The molecule has 0 aromatic heterocycles. The maximum atomic E-state index is 11.8. The highest BCUT2D eigenvalue weighted by Gasteiger charge is 2.36. The van der Waals surface area contributed by atoms with Crippen LogP contribution in [0, 0.1) is 5.92 Å². The molecule has 0 aromatic rings. The largest absolute Gasteiger partial charge is 0.444 e. The van der Waals surface area contributed by atoms with E-state index in [-0.39, 0.29) is 6.61 Å². The maximum absolute atomic E-state index is 11.8. The highest BCUT2D eigenvalue weighted by atomic mass is 16.6. The van der Waals surface area contributed by atoms with Crippen LogP contribution in [0.15, 0.2) is 0 Å². The van der Waals surface area contributed by atoms with Gasteiger partial charge in [0.15, 0.2) is 0 Å². The summed E-state index contributed by atoms with van der Waals surface area (Å²) in [6.45, 7) is 7.38. The molecule has 1 rings (SSSR count). The second-order valence-corrected chi connectivity index (χ2v) is 6.54. The Labute approximate surface area is 110 Å². The van der Waals surface area contributed by atoms with Crippen LogP contribution in [-0.4, -0.2) is 28.9 Å². The predicted molar refractivity (Wildman–Crippen MR) is 71.4 cm³/mol. The zero-order valence-electron chi connectivity index (χ0n) is 12.1. The van der Waals surface area contributed by atoms with Crippen LogP contribution in [0.1, 0.15) is 59.8 Å². The van der Waals surface area contributed by atoms with Crippen LogP contribution in [0.25, 0.3) is 0 Å². The highest BCUT2D eigenvalue weighted by molar-refractivity contribution is 5.68. The van der Waals surface area contributed by atoms with Crippen LogP contribution in [-0.2, 0) is 4.74 Å². The van der Waals surface area contributed by atoms with E-state index in [1.807, 2.05) is 27.7 Å². The highest BCUT2D eigenvalue weighted by Crippen LogP contribution is 2.32. The smallest absolute Gasteiger partial charge is 0.408 e. The van der Waals surface area contributed by atoms with E-state index in [9.17, 15) is 9.90 Å². The van der Waals surface area contributed by atoms with Crippen molar-refractivity contribution in [3.8, 4) is 0 Å². The fourth-order valence-electron chi connectivity index (χ4n) is 2.55. The van der Waals surface area contributed by atoms with E-state index in [0.29, 0.717) is 5.92 Å². The first-order chi connectivity index (χ1) is 8.27. The summed E-state index contributed by atoms with van der Waals surface area (Å²) in [4.78, 5) is 11.8. The summed E-state index contributed by atoms with van der Waals surface area (Å²) in [5.41, 5.74) is -1.07. The lowest BCUT2D eigenvalue weighted by Crippen LogP contribution is -2.55. The topological polar surface area (TPSA) is 58.6 Å². The molecule has 18 heavy (non-hydrogen) atoms. The summed E-state index contributed by atoms with van der Waals surface area (Å²) < 4.78 is 5.26. The lowest BCUT2D eigenvalue weighted by atomic mass is 9.76. The van der Waals surface area contributed by atoms with Crippen LogP contribution in [0.2, 0.25) is 0 Å². The number of nitrogens with one attached hydrogen (secondary N) is 1. The Balaban J connectivity index is 2.61. The van der Waals surface area contributed by atoms with Crippen molar-refractivity contribution in [2.24, 2.45) is 5.92 Å². The third-order valence-electron chi connectivity index (χ3n) is 3.62. The molecular weight excluding hydrogens is 230 g/mol. The molecule has 0 radical (unpaired) electrons. The molecule has 0 aliphatic heterocycles. The number of carbonyl (C=O) groups is 1. The SMILES string of the molecule is CC(C)(C)OC(=O)NC(C)(CO)C1CCCCC1. The standard InChI is InChI=1S/C14H27NO3/c1-13(2,3)18-12(17)15-14(4,10-16)11-8-6-5-7-9-11/h11,16H,5-10H2,1-4H3,(H,15,17). The van der Waals surface area contributed by atoms with E-state index in [4.69, 9.17) is 4.74 Å². The van der Waals surface area contributed by atoms with E-state index in [2.05, 4.69) is 5.32 Å². The summed E-state index contributed by atoms with van der Waals surface area (Å²) in [7, 11) is 0. The first-order valence-electron chi connectivity index (χ1n) is 6.89. The lowest BCUT2D eigenvalue weighted by Gasteiger charge is -2.39. The second-order valence-electron chi connectivity index (χ2n) is 6.54. The number of hydrogen-bond acceptors (Lipinski definition) is 3. The van der Waals surface area contributed by atoms with Crippen molar-refractivity contribution in [1.82, 2.24) is 5.32 Å². The average molecular weight is 257 g/mol. The Kier molecular flexibility index (Phi) is 5.02. The Morgan fingerprint density at radius 3 is 2.22 bits per heavy atom. The van der Waals surface area contributed by atoms with Crippen LogP contribution >= 0.6 is 0 Å². The Hall–Kier alpha value is -0.770. The number of carbonyl (C=O) groups excluding carboxylic acids is 1. The van der Waals surface area contributed by atoms with Crippen molar-refractivity contribution in [3.05, 3.63) is 0 Å². The van der Waals surface area contributed by atoms with Crippen molar-refractivity contribution < 1.29 is 14.6 Å². The zero-order chi connectivity index (χ0) is 13.8. The van der Waals surface area contributed by atoms with Crippen molar-refractivity contribution in [3.63, 3.8) is 0 Å². The Morgan fingerprint density at radius 1 is 1.22 bits per heavy atom. The molecule has 0 aromatic carbocycles. The van der Waals surface area contributed by atoms with Gasteiger partial charge in [-0.15, -0.1) is 0 Å². The average Bonchev–Trinajstić information content (AvgIpc) is 2.27. The van der Waals surface area contributed by atoms with E-state index in [1.165, 1.54) is 19.3 Å². The fourth-order valence-corrected chi connectivity index (χ4v) is 2.55. The van der Waals surface area contributed by atoms with E-state index in [0.717, 1.165) is 12.8 Å². The van der Waals surface area contributed by atoms with Gasteiger partial charge in [0.2, 0.25) is 0 Å². The van der Waals surface area contributed by atoms with Crippen LogP contribution in [0.5, 0.6) is 0 Å². The molecule has 4 heteroatoms. The number of alkyl carbamates (subject to hydrolysis) is 1. The minimum Gasteiger partial charge on any atom is -0.444 e. The summed E-state index contributed by atoms with van der Waals surface area (Å²) >= 11 is 0. The summed E-state index contributed by atoms with van der Waals surface area (Å²) in [5, 5.41) is 12.5. The number of ether oxygens (including phenoxy) is 1. The minimum absolute atomic E-state index is 0.0447. The van der Waals surface area contributed by atoms with Gasteiger partial charge in [-0.2, -0.15) is 0 Å². The first-order valence-corrected chi connectivity index (χ1v) is 6.89. The fraction of sp³-hybridized carbons (Fsp3) is 0.929. The van der Waals surface area contributed by atoms with Gasteiger partial charge in [-0.3, -0.25) is 0 Å². The Bertz CT molecular complexity index is 279. The van der Waals surface area contributed by atoms with Crippen LogP contribution in [0.3, 0.4) is 0 Å². The van der Waals surface area contributed by atoms with Gasteiger partial charge in [-0.05, 0) is 46.5 Å². The monoisotopic (exact) mass is 257 g/mol. The molecule has 1 unspecified atom stereocenters. The molecule has 1 aliphatic carbocycles. The van der Waals surface area contributed by atoms with Crippen molar-refractivity contribution in [2.45, 2.75) is 70.9 Å². The summed E-state index contributed by atoms with van der Waals surface area (Å²) in [6, 6.07) is 0. The molecule has 106 valence electrons. The molecule has 2 N–H and O–H groups in total. The van der Waals surface area contributed by atoms with Crippen LogP contribution in [0.4, 0.5) is 4.79 Å². The van der Waals surface area contributed by atoms with Gasteiger partial charge in [-0.25, -0.2) is 4.79 Å². The van der Waals surface area contributed by atoms with Gasteiger partial charge in [0.05, 0.1) is 12.1 Å². The number of rotatable bonds is 3. The molecule has 1 atom stereocenters. The van der Waals surface area contributed by atoms with Gasteiger partial charge in [0, 0.05) is 0 Å². The number of amides is 1. The van der Waals surface area contributed by atoms with Gasteiger partial charge in [0.1, 0.15) is 5.60 Å². The van der Waals surface area contributed by atoms with Crippen LogP contribution < -0.4 is 5.32 Å². The molecular formula is C14H27NO3. The molecule has 1 amide bonds. The van der Waals surface area contributed by atoms with Gasteiger partial charge in [0.25, 0.3) is 0 Å². The molecule has 1 aliphatic rings. The van der Waals surface area contributed by atoms with E-state index >= 15 is 0 Å². The van der Waals surface area contributed by atoms with Gasteiger partial charge < -0.3 is 15.2 Å². The van der Waals surface area contributed by atoms with Gasteiger partial charge >= 0.3 is 6.09 Å². The second kappa shape index (κ2) is 5.91. The van der Waals surface area contributed by atoms with E-state index in [1.54, 1.807) is 0 Å². The molecule has 0 heterocycles. The molecule has 1 fully saturated rings. The third kappa shape index (κ3) is 4.48. The minimum atomic E-state index is -0.567. The molecule has 0 bridgehead atoms. The number of aliphatic hydroxyl groups is 1. The van der Waals surface area contributed by atoms with Crippen molar-refractivity contribution >= 4 is 6.09 Å².